The van der Waals surface area contributed by atoms with Crippen molar-refractivity contribution in [3.05, 3.63) is 87.1 Å². The third kappa shape index (κ3) is 3.21. The quantitative estimate of drug-likeness (QED) is 0.657. The van der Waals surface area contributed by atoms with Crippen molar-refractivity contribution < 1.29 is 19.1 Å². The van der Waals surface area contributed by atoms with Crippen molar-refractivity contribution in [2.75, 3.05) is 4.90 Å². The minimum absolute atomic E-state index is 0.0929. The van der Waals surface area contributed by atoms with E-state index in [4.69, 9.17) is 0 Å². The summed E-state index contributed by atoms with van der Waals surface area (Å²) in [7, 11) is 0. The zero-order valence-electron chi connectivity index (χ0n) is 15.6. The van der Waals surface area contributed by atoms with Crippen molar-refractivity contribution in [3.8, 4) is 0 Å². The maximum absolute atomic E-state index is 13.8. The smallest absolute Gasteiger partial charge is 0.294 e. The molecule has 1 aliphatic rings. The summed E-state index contributed by atoms with van der Waals surface area (Å²) < 4.78 is 13.8. The molecule has 0 saturated heterocycles. The van der Waals surface area contributed by atoms with Gasteiger partial charge in [0.15, 0.2) is 5.76 Å². The SMILES string of the molecule is Cc1nc(C)c(C(=O)C2=C(O)C(=O)N(c3cccc(F)c3)C2c2ccccn2)s1. The van der Waals surface area contributed by atoms with Gasteiger partial charge in [0, 0.05) is 11.9 Å². The van der Waals surface area contributed by atoms with Crippen LogP contribution in [0.3, 0.4) is 0 Å². The molecule has 0 saturated carbocycles. The number of pyridine rings is 1. The van der Waals surface area contributed by atoms with E-state index >= 15 is 0 Å². The lowest BCUT2D eigenvalue weighted by Gasteiger charge is -2.26. The molecule has 3 heterocycles. The van der Waals surface area contributed by atoms with Crippen molar-refractivity contribution in [3.63, 3.8) is 0 Å². The zero-order valence-corrected chi connectivity index (χ0v) is 16.4. The first-order valence-corrected chi connectivity index (χ1v) is 9.62. The number of halogens is 1. The van der Waals surface area contributed by atoms with Crippen LogP contribution in [0.5, 0.6) is 0 Å². The molecule has 1 N–H and O–H groups in total. The van der Waals surface area contributed by atoms with E-state index in [1.807, 2.05) is 0 Å². The number of aryl methyl sites for hydroxylation is 2. The Morgan fingerprint density at radius 2 is 2.00 bits per heavy atom. The van der Waals surface area contributed by atoms with Crippen LogP contribution >= 0.6 is 11.3 Å². The molecule has 0 aliphatic carbocycles. The van der Waals surface area contributed by atoms with Gasteiger partial charge in [-0.1, -0.05) is 12.1 Å². The van der Waals surface area contributed by atoms with Crippen LogP contribution in [0.1, 0.15) is 32.1 Å². The van der Waals surface area contributed by atoms with Gasteiger partial charge in [-0.15, -0.1) is 11.3 Å². The van der Waals surface area contributed by atoms with E-state index in [0.29, 0.717) is 21.3 Å². The lowest BCUT2D eigenvalue weighted by Crippen LogP contribution is -2.31. The predicted octanol–water partition coefficient (Wildman–Crippen LogP) is 4.08. The lowest BCUT2D eigenvalue weighted by molar-refractivity contribution is -0.117. The Kier molecular flexibility index (Phi) is 4.71. The van der Waals surface area contributed by atoms with Gasteiger partial charge < -0.3 is 5.11 Å². The van der Waals surface area contributed by atoms with E-state index in [0.717, 1.165) is 0 Å². The number of carbonyl (C=O) groups excluding carboxylic acids is 2. The van der Waals surface area contributed by atoms with Crippen LogP contribution in [0.25, 0.3) is 0 Å². The Bertz CT molecular complexity index is 1160. The second-order valence-electron chi connectivity index (χ2n) is 6.55. The molecule has 3 aromatic rings. The van der Waals surface area contributed by atoms with Crippen LogP contribution in [0.2, 0.25) is 0 Å². The number of carbonyl (C=O) groups is 2. The van der Waals surface area contributed by atoms with E-state index in [1.54, 1.807) is 38.1 Å². The summed E-state index contributed by atoms with van der Waals surface area (Å²) in [5.74, 6) is -2.48. The first kappa shape index (κ1) is 18.9. The van der Waals surface area contributed by atoms with Crippen molar-refractivity contribution >= 4 is 28.7 Å². The van der Waals surface area contributed by atoms with Gasteiger partial charge in [-0.05, 0) is 44.2 Å². The summed E-state index contributed by atoms with van der Waals surface area (Å²) >= 11 is 1.19. The van der Waals surface area contributed by atoms with E-state index < -0.39 is 29.3 Å². The number of thiazole rings is 1. The highest BCUT2D eigenvalue weighted by molar-refractivity contribution is 7.14. The molecular weight excluding hydrogens is 393 g/mol. The minimum Gasteiger partial charge on any atom is -0.503 e. The lowest BCUT2D eigenvalue weighted by atomic mass is 9.98. The standard InChI is InChI=1S/C21H16FN3O3S/c1-11-20(29-12(2)24-11)18(26)16-17(15-8-3-4-9-23-15)25(21(28)19(16)27)14-7-5-6-13(22)10-14/h3-10,17,27H,1-2H3. The molecular formula is C21H16FN3O3S. The molecule has 6 nitrogen and oxygen atoms in total. The van der Waals surface area contributed by atoms with Crippen LogP contribution < -0.4 is 4.90 Å². The molecule has 1 atom stereocenters. The molecule has 0 bridgehead atoms. The van der Waals surface area contributed by atoms with Crippen molar-refractivity contribution in [1.29, 1.82) is 0 Å². The monoisotopic (exact) mass is 409 g/mol. The average Bonchev–Trinajstić information content (AvgIpc) is 3.18. The summed E-state index contributed by atoms with van der Waals surface area (Å²) in [6, 6.07) is 9.52. The Hall–Kier alpha value is -3.39. The number of aliphatic hydroxyl groups is 1. The number of aromatic nitrogens is 2. The van der Waals surface area contributed by atoms with Crippen molar-refractivity contribution in [1.82, 2.24) is 9.97 Å². The number of ketones is 1. The second-order valence-corrected chi connectivity index (χ2v) is 7.75. The van der Waals surface area contributed by atoms with Gasteiger partial charge in [-0.2, -0.15) is 0 Å². The number of rotatable bonds is 4. The molecule has 0 spiro atoms. The van der Waals surface area contributed by atoms with Crippen LogP contribution in [0.4, 0.5) is 10.1 Å². The van der Waals surface area contributed by atoms with Gasteiger partial charge in [0.25, 0.3) is 5.91 Å². The summed E-state index contributed by atoms with van der Waals surface area (Å²) in [5.41, 5.74) is 1.03. The number of Topliss-reactive ketones (excluding diaryl/α,β-unsaturated/α-hetero) is 1. The van der Waals surface area contributed by atoms with Crippen LogP contribution in [0, 0.1) is 19.7 Å². The Morgan fingerprint density at radius 3 is 2.62 bits per heavy atom. The normalized spacial score (nSPS) is 16.6. The molecule has 1 aliphatic heterocycles. The van der Waals surface area contributed by atoms with E-state index in [-0.39, 0.29) is 11.3 Å². The number of benzene rings is 1. The van der Waals surface area contributed by atoms with Crippen molar-refractivity contribution in [2.24, 2.45) is 0 Å². The zero-order chi connectivity index (χ0) is 20.7. The van der Waals surface area contributed by atoms with E-state index in [9.17, 15) is 19.1 Å². The average molecular weight is 409 g/mol. The highest BCUT2D eigenvalue weighted by Crippen LogP contribution is 2.42. The minimum atomic E-state index is -0.986. The predicted molar refractivity (Wildman–Crippen MR) is 106 cm³/mol. The van der Waals surface area contributed by atoms with E-state index in [2.05, 4.69) is 9.97 Å². The molecule has 0 fully saturated rings. The largest absolute Gasteiger partial charge is 0.503 e. The van der Waals surface area contributed by atoms with Crippen LogP contribution in [-0.4, -0.2) is 26.8 Å². The maximum atomic E-state index is 13.8. The molecule has 1 unspecified atom stereocenters. The molecule has 1 amide bonds. The number of hydrogen-bond acceptors (Lipinski definition) is 6. The number of aliphatic hydroxyl groups excluding tert-OH is 1. The third-order valence-corrected chi connectivity index (χ3v) is 5.69. The Labute approximate surface area is 170 Å². The first-order valence-electron chi connectivity index (χ1n) is 8.80. The van der Waals surface area contributed by atoms with Crippen LogP contribution in [-0.2, 0) is 4.79 Å². The van der Waals surface area contributed by atoms with Gasteiger partial charge >= 0.3 is 0 Å². The molecule has 0 radical (unpaired) electrons. The summed E-state index contributed by atoms with van der Waals surface area (Å²) in [6.07, 6.45) is 1.53. The molecule has 1 aromatic carbocycles. The number of anilines is 1. The summed E-state index contributed by atoms with van der Waals surface area (Å²) in [5, 5.41) is 11.4. The maximum Gasteiger partial charge on any atom is 0.294 e. The van der Waals surface area contributed by atoms with Crippen molar-refractivity contribution in [2.45, 2.75) is 19.9 Å². The Morgan fingerprint density at radius 1 is 1.21 bits per heavy atom. The van der Waals surface area contributed by atoms with Gasteiger partial charge in [0.05, 0.1) is 26.8 Å². The topological polar surface area (TPSA) is 83.4 Å². The molecule has 4 rings (SSSR count). The number of amides is 1. The summed E-state index contributed by atoms with van der Waals surface area (Å²) in [4.78, 5) is 36.4. The van der Waals surface area contributed by atoms with Gasteiger partial charge in [-0.3, -0.25) is 19.5 Å². The fraction of sp³-hybridized carbons (Fsp3) is 0.143. The van der Waals surface area contributed by atoms with Gasteiger partial charge in [-0.25, -0.2) is 9.37 Å². The third-order valence-electron chi connectivity index (χ3n) is 4.62. The molecule has 2 aromatic heterocycles. The van der Waals surface area contributed by atoms with E-state index in [1.165, 1.54) is 40.6 Å². The highest BCUT2D eigenvalue weighted by Gasteiger charge is 2.46. The first-order chi connectivity index (χ1) is 13.9. The number of nitrogens with zero attached hydrogens (tertiary/aromatic N) is 3. The summed E-state index contributed by atoms with van der Waals surface area (Å²) in [6.45, 7) is 3.48. The molecule has 29 heavy (non-hydrogen) atoms. The molecule has 146 valence electrons. The highest BCUT2D eigenvalue weighted by atomic mass is 32.1. The Balaban J connectivity index is 1.90. The van der Waals surface area contributed by atoms with Gasteiger partial charge in [0.2, 0.25) is 5.78 Å². The second kappa shape index (κ2) is 7.21. The fourth-order valence-corrected chi connectivity index (χ4v) is 4.29. The molecule has 8 heteroatoms. The number of hydrogen-bond donors (Lipinski definition) is 1. The fourth-order valence-electron chi connectivity index (χ4n) is 3.41. The van der Waals surface area contributed by atoms with Crippen LogP contribution in [0.15, 0.2) is 60.0 Å². The van der Waals surface area contributed by atoms with Gasteiger partial charge in [0.1, 0.15) is 11.9 Å².